The van der Waals surface area contributed by atoms with E-state index in [9.17, 15) is 14.4 Å². The number of nitrogens with one attached hydrogen (secondary N) is 1. The summed E-state index contributed by atoms with van der Waals surface area (Å²) in [4.78, 5) is 35.9. The Morgan fingerprint density at radius 1 is 1.19 bits per heavy atom. The van der Waals surface area contributed by atoms with Crippen LogP contribution in [-0.2, 0) is 14.4 Å². The van der Waals surface area contributed by atoms with Crippen LogP contribution in [0.3, 0.4) is 0 Å². The van der Waals surface area contributed by atoms with E-state index in [2.05, 4.69) is 5.32 Å². The number of carboxylic acid groups (broad SMARTS) is 1. The summed E-state index contributed by atoms with van der Waals surface area (Å²) < 4.78 is 0. The highest BCUT2D eigenvalue weighted by Crippen LogP contribution is 2.17. The van der Waals surface area contributed by atoms with Crippen molar-refractivity contribution in [1.82, 2.24) is 10.2 Å². The van der Waals surface area contributed by atoms with E-state index in [0.717, 1.165) is 0 Å². The van der Waals surface area contributed by atoms with Gasteiger partial charge in [-0.2, -0.15) is 0 Å². The van der Waals surface area contributed by atoms with Crippen LogP contribution in [0.15, 0.2) is 0 Å². The van der Waals surface area contributed by atoms with Gasteiger partial charge in [-0.25, -0.2) is 0 Å². The van der Waals surface area contributed by atoms with Gasteiger partial charge in [0.1, 0.15) is 0 Å². The first-order valence-electron chi connectivity index (χ1n) is 7.27. The Kier molecular flexibility index (Phi) is 7.99. The van der Waals surface area contributed by atoms with E-state index in [1.54, 1.807) is 0 Å². The van der Waals surface area contributed by atoms with Gasteiger partial charge in [-0.15, -0.1) is 0 Å². The third-order valence-electron chi connectivity index (χ3n) is 2.66. The van der Waals surface area contributed by atoms with Gasteiger partial charge in [0.2, 0.25) is 11.8 Å². The van der Waals surface area contributed by atoms with Crippen molar-refractivity contribution in [1.29, 1.82) is 0 Å². The molecule has 0 aliphatic heterocycles. The lowest BCUT2D eigenvalue weighted by Crippen LogP contribution is -2.43. The van der Waals surface area contributed by atoms with Crippen LogP contribution in [-0.4, -0.2) is 47.4 Å². The molecule has 0 aliphatic carbocycles. The second-order valence-corrected chi connectivity index (χ2v) is 6.89. The van der Waals surface area contributed by atoms with E-state index in [0.29, 0.717) is 13.0 Å². The molecule has 122 valence electrons. The van der Waals surface area contributed by atoms with E-state index < -0.39 is 5.97 Å². The summed E-state index contributed by atoms with van der Waals surface area (Å²) in [6.07, 6.45) is 0.258. The van der Waals surface area contributed by atoms with Crippen LogP contribution < -0.4 is 5.32 Å². The zero-order valence-corrected chi connectivity index (χ0v) is 13.7. The normalized spacial score (nSPS) is 11.3. The van der Waals surface area contributed by atoms with Crippen molar-refractivity contribution in [3.05, 3.63) is 0 Å². The van der Waals surface area contributed by atoms with Gasteiger partial charge in [0.15, 0.2) is 0 Å². The molecule has 6 nitrogen and oxygen atoms in total. The van der Waals surface area contributed by atoms with Gasteiger partial charge in [0.25, 0.3) is 0 Å². The minimum atomic E-state index is -0.937. The molecule has 0 aromatic carbocycles. The first kappa shape index (κ1) is 19.4. The van der Waals surface area contributed by atoms with Crippen LogP contribution in [0.25, 0.3) is 0 Å². The summed E-state index contributed by atoms with van der Waals surface area (Å²) in [7, 11) is 0. The molecule has 0 unspecified atom stereocenters. The Labute approximate surface area is 126 Å². The fraction of sp³-hybridized carbons (Fsp3) is 0.800. The number of aliphatic carboxylic acids is 1. The molecule has 0 rings (SSSR count). The van der Waals surface area contributed by atoms with Gasteiger partial charge in [0, 0.05) is 19.5 Å². The van der Waals surface area contributed by atoms with Gasteiger partial charge in [-0.3, -0.25) is 14.4 Å². The van der Waals surface area contributed by atoms with E-state index in [1.807, 2.05) is 34.6 Å². The highest BCUT2D eigenvalue weighted by Gasteiger charge is 2.19. The lowest BCUT2D eigenvalue weighted by Gasteiger charge is -2.24. The van der Waals surface area contributed by atoms with E-state index >= 15 is 0 Å². The molecule has 6 heteroatoms. The molecule has 0 aromatic rings. The lowest BCUT2D eigenvalue weighted by atomic mass is 9.92. The van der Waals surface area contributed by atoms with Crippen molar-refractivity contribution < 1.29 is 19.5 Å². The SMILES string of the molecule is CC(C)CN(CCC(=O)O)C(=O)CNC(=O)CC(C)(C)C. The number of nitrogens with zero attached hydrogens (tertiary/aromatic N) is 1. The Balaban J connectivity index is 4.39. The molecule has 0 fully saturated rings. The van der Waals surface area contributed by atoms with Gasteiger partial charge in [-0.05, 0) is 11.3 Å². The minimum absolute atomic E-state index is 0.0821. The molecule has 0 aromatic heterocycles. The summed E-state index contributed by atoms with van der Waals surface area (Å²) in [6, 6.07) is 0. The monoisotopic (exact) mass is 300 g/mol. The lowest BCUT2D eigenvalue weighted by molar-refractivity contribution is -0.139. The largest absolute Gasteiger partial charge is 0.481 e. The van der Waals surface area contributed by atoms with Crippen LogP contribution >= 0.6 is 0 Å². The number of carboxylic acids is 1. The standard InChI is InChI=1S/C15H28N2O4/c1-11(2)10-17(7-6-14(20)21)13(19)9-16-12(18)8-15(3,4)5/h11H,6-10H2,1-5H3,(H,16,18)(H,20,21). The topological polar surface area (TPSA) is 86.7 Å². The molecule has 0 atom stereocenters. The minimum Gasteiger partial charge on any atom is -0.481 e. The number of carbonyl (C=O) groups excluding carboxylic acids is 2. The van der Waals surface area contributed by atoms with Crippen LogP contribution in [0.1, 0.15) is 47.5 Å². The average Bonchev–Trinajstić information content (AvgIpc) is 2.28. The quantitative estimate of drug-likeness (QED) is 0.711. The summed E-state index contributed by atoms with van der Waals surface area (Å²) in [5, 5.41) is 11.3. The second kappa shape index (κ2) is 8.64. The van der Waals surface area contributed by atoms with Crippen molar-refractivity contribution in [3.63, 3.8) is 0 Å². The number of carbonyl (C=O) groups is 3. The smallest absolute Gasteiger partial charge is 0.305 e. The maximum atomic E-state index is 12.1. The second-order valence-electron chi connectivity index (χ2n) is 6.89. The molecule has 2 amide bonds. The van der Waals surface area contributed by atoms with Crippen molar-refractivity contribution in [2.45, 2.75) is 47.5 Å². The molecule has 0 spiro atoms. The molecule has 21 heavy (non-hydrogen) atoms. The summed E-state index contributed by atoms with van der Waals surface area (Å²) in [6.45, 7) is 10.3. The Morgan fingerprint density at radius 2 is 1.76 bits per heavy atom. The van der Waals surface area contributed by atoms with Crippen molar-refractivity contribution >= 4 is 17.8 Å². The number of amides is 2. The van der Waals surface area contributed by atoms with Gasteiger partial charge >= 0.3 is 5.97 Å². The third-order valence-corrected chi connectivity index (χ3v) is 2.66. The molecular weight excluding hydrogens is 272 g/mol. The van der Waals surface area contributed by atoms with Crippen LogP contribution in [0.4, 0.5) is 0 Å². The molecule has 0 heterocycles. The summed E-state index contributed by atoms with van der Waals surface area (Å²) in [5.41, 5.74) is -0.131. The molecule has 0 aliphatic rings. The molecule has 0 bridgehead atoms. The summed E-state index contributed by atoms with van der Waals surface area (Å²) in [5.74, 6) is -1.10. The third kappa shape index (κ3) is 10.8. The zero-order chi connectivity index (χ0) is 16.6. The van der Waals surface area contributed by atoms with Crippen LogP contribution in [0.2, 0.25) is 0 Å². The van der Waals surface area contributed by atoms with Crippen molar-refractivity contribution in [3.8, 4) is 0 Å². The molecule has 0 radical (unpaired) electrons. The Hall–Kier alpha value is -1.59. The molecule has 2 N–H and O–H groups in total. The van der Waals surface area contributed by atoms with Gasteiger partial charge in [0.05, 0.1) is 13.0 Å². The van der Waals surface area contributed by atoms with E-state index in [-0.39, 0.29) is 42.7 Å². The number of hydrogen-bond acceptors (Lipinski definition) is 3. The Bertz CT molecular complexity index is 372. The summed E-state index contributed by atoms with van der Waals surface area (Å²) >= 11 is 0. The van der Waals surface area contributed by atoms with E-state index in [1.165, 1.54) is 4.90 Å². The van der Waals surface area contributed by atoms with Crippen molar-refractivity contribution in [2.75, 3.05) is 19.6 Å². The first-order valence-corrected chi connectivity index (χ1v) is 7.27. The van der Waals surface area contributed by atoms with E-state index in [4.69, 9.17) is 5.11 Å². The highest BCUT2D eigenvalue weighted by molar-refractivity contribution is 5.85. The number of hydrogen-bond donors (Lipinski definition) is 2. The maximum absolute atomic E-state index is 12.1. The van der Waals surface area contributed by atoms with Gasteiger partial charge in [-0.1, -0.05) is 34.6 Å². The van der Waals surface area contributed by atoms with Gasteiger partial charge < -0.3 is 15.3 Å². The predicted molar refractivity (Wildman–Crippen MR) is 80.8 cm³/mol. The molecular formula is C15H28N2O4. The molecule has 0 saturated heterocycles. The predicted octanol–water partition coefficient (Wildman–Crippen LogP) is 1.50. The maximum Gasteiger partial charge on any atom is 0.305 e. The molecule has 0 saturated carbocycles. The fourth-order valence-electron chi connectivity index (χ4n) is 1.82. The van der Waals surface area contributed by atoms with Crippen LogP contribution in [0.5, 0.6) is 0 Å². The number of rotatable bonds is 8. The van der Waals surface area contributed by atoms with Crippen molar-refractivity contribution in [2.24, 2.45) is 11.3 Å². The fourth-order valence-corrected chi connectivity index (χ4v) is 1.82. The zero-order valence-electron chi connectivity index (χ0n) is 13.7. The average molecular weight is 300 g/mol. The first-order chi connectivity index (χ1) is 9.51. The highest BCUT2D eigenvalue weighted by atomic mass is 16.4. The Morgan fingerprint density at radius 3 is 2.19 bits per heavy atom. The van der Waals surface area contributed by atoms with Crippen LogP contribution in [0, 0.1) is 11.3 Å².